The third-order valence-corrected chi connectivity index (χ3v) is 3.76. The van der Waals surface area contributed by atoms with Gasteiger partial charge in [0.2, 0.25) is 11.3 Å². The molecule has 0 unspecified atom stereocenters. The van der Waals surface area contributed by atoms with Crippen molar-refractivity contribution in [1.29, 1.82) is 0 Å². The molecule has 3 rings (SSSR count). The van der Waals surface area contributed by atoms with Gasteiger partial charge in [-0.15, -0.1) is 0 Å². The number of amides is 1. The maximum absolute atomic E-state index is 12.4. The molecule has 2 aromatic heterocycles. The third kappa shape index (κ3) is 3.77. The van der Waals surface area contributed by atoms with Gasteiger partial charge >= 0.3 is 0 Å². The molecule has 0 aliphatic rings. The molecular formula is C19H18N4O3. The SMILES string of the molecule is COc1cc(=O)c(C(=O)NCc2ccccn2)nn1-c1ccc(C)cc1. The Kier molecular flexibility index (Phi) is 5.07. The molecule has 0 saturated carbocycles. The van der Waals surface area contributed by atoms with E-state index in [1.807, 2.05) is 37.3 Å². The van der Waals surface area contributed by atoms with E-state index >= 15 is 0 Å². The lowest BCUT2D eigenvalue weighted by Gasteiger charge is -2.12. The predicted molar refractivity (Wildman–Crippen MR) is 96.5 cm³/mol. The zero-order chi connectivity index (χ0) is 18.5. The highest BCUT2D eigenvalue weighted by Gasteiger charge is 2.17. The Balaban J connectivity index is 1.91. The Morgan fingerprint density at radius 1 is 1.19 bits per heavy atom. The first-order chi connectivity index (χ1) is 12.6. The fourth-order valence-corrected chi connectivity index (χ4v) is 2.37. The maximum Gasteiger partial charge on any atom is 0.276 e. The second-order valence-corrected chi connectivity index (χ2v) is 5.65. The number of aryl methyl sites for hydroxylation is 1. The quantitative estimate of drug-likeness (QED) is 0.759. The maximum atomic E-state index is 12.4. The van der Waals surface area contributed by atoms with Gasteiger partial charge in [0.1, 0.15) is 0 Å². The van der Waals surface area contributed by atoms with Crippen LogP contribution in [0.25, 0.3) is 5.69 Å². The lowest BCUT2D eigenvalue weighted by Crippen LogP contribution is -2.31. The Hall–Kier alpha value is -3.48. The van der Waals surface area contributed by atoms with E-state index in [9.17, 15) is 9.59 Å². The van der Waals surface area contributed by atoms with Crippen LogP contribution in [0, 0.1) is 6.92 Å². The zero-order valence-electron chi connectivity index (χ0n) is 14.5. The van der Waals surface area contributed by atoms with Gasteiger partial charge in [0.15, 0.2) is 5.69 Å². The number of methoxy groups -OCH3 is 1. The lowest BCUT2D eigenvalue weighted by molar-refractivity contribution is 0.0942. The molecule has 0 bridgehead atoms. The van der Waals surface area contributed by atoms with Gasteiger partial charge in [0.25, 0.3) is 5.91 Å². The van der Waals surface area contributed by atoms with E-state index in [1.165, 1.54) is 17.9 Å². The van der Waals surface area contributed by atoms with Crippen LogP contribution in [0.4, 0.5) is 0 Å². The highest BCUT2D eigenvalue weighted by Crippen LogP contribution is 2.15. The standard InChI is InChI=1S/C19H18N4O3/c1-13-6-8-15(9-7-13)23-17(26-2)11-16(24)18(22-23)19(25)21-12-14-5-3-4-10-20-14/h3-11H,12H2,1-2H3,(H,21,25). The van der Waals surface area contributed by atoms with E-state index in [1.54, 1.807) is 18.3 Å². The highest BCUT2D eigenvalue weighted by atomic mass is 16.5. The van der Waals surface area contributed by atoms with Crippen molar-refractivity contribution in [3.8, 4) is 11.6 Å². The minimum atomic E-state index is -0.566. The average molecular weight is 350 g/mol. The average Bonchev–Trinajstić information content (AvgIpc) is 2.67. The molecule has 0 radical (unpaired) electrons. The molecule has 1 aromatic carbocycles. The predicted octanol–water partition coefficient (Wildman–Crippen LogP) is 1.87. The summed E-state index contributed by atoms with van der Waals surface area (Å²) in [6.45, 7) is 2.17. The first-order valence-electron chi connectivity index (χ1n) is 8.02. The van der Waals surface area contributed by atoms with Crippen LogP contribution in [-0.4, -0.2) is 27.8 Å². The largest absolute Gasteiger partial charge is 0.481 e. The van der Waals surface area contributed by atoms with Gasteiger partial charge in [-0.25, -0.2) is 4.68 Å². The number of aromatic nitrogens is 3. The summed E-state index contributed by atoms with van der Waals surface area (Å²) in [4.78, 5) is 28.8. The number of benzene rings is 1. The Labute approximate surface area is 150 Å². The van der Waals surface area contributed by atoms with E-state index in [0.29, 0.717) is 11.4 Å². The smallest absolute Gasteiger partial charge is 0.276 e. The summed E-state index contributed by atoms with van der Waals surface area (Å²) in [5.41, 5.74) is 1.74. The topological polar surface area (TPSA) is 86.1 Å². The molecule has 7 nitrogen and oxygen atoms in total. The van der Waals surface area contributed by atoms with Crippen molar-refractivity contribution in [1.82, 2.24) is 20.1 Å². The Bertz CT molecular complexity index is 966. The van der Waals surface area contributed by atoms with Gasteiger partial charge in [0.05, 0.1) is 31.1 Å². The van der Waals surface area contributed by atoms with E-state index < -0.39 is 11.3 Å². The van der Waals surface area contributed by atoms with Gasteiger partial charge in [-0.2, -0.15) is 5.10 Å². The molecule has 26 heavy (non-hydrogen) atoms. The Morgan fingerprint density at radius 3 is 2.62 bits per heavy atom. The van der Waals surface area contributed by atoms with Crippen LogP contribution in [0.2, 0.25) is 0 Å². The molecule has 3 aromatic rings. The van der Waals surface area contributed by atoms with Crippen LogP contribution in [0.5, 0.6) is 5.88 Å². The van der Waals surface area contributed by atoms with Crippen LogP contribution in [0.1, 0.15) is 21.7 Å². The molecule has 1 N–H and O–H groups in total. The number of carbonyl (C=O) groups excluding carboxylic acids is 1. The molecule has 2 heterocycles. The van der Waals surface area contributed by atoms with Crippen molar-refractivity contribution in [3.05, 3.63) is 81.9 Å². The normalized spacial score (nSPS) is 10.4. The van der Waals surface area contributed by atoms with E-state index in [4.69, 9.17) is 4.74 Å². The molecule has 0 saturated heterocycles. The second kappa shape index (κ2) is 7.60. The molecule has 132 valence electrons. The molecule has 0 spiro atoms. The van der Waals surface area contributed by atoms with Crippen LogP contribution in [0.3, 0.4) is 0 Å². The van der Waals surface area contributed by atoms with Gasteiger partial charge < -0.3 is 10.1 Å². The summed E-state index contributed by atoms with van der Waals surface area (Å²) in [5.74, 6) is -0.315. The third-order valence-electron chi connectivity index (χ3n) is 3.76. The summed E-state index contributed by atoms with van der Waals surface area (Å²) < 4.78 is 6.66. The fraction of sp³-hybridized carbons (Fsp3) is 0.158. The first kappa shape index (κ1) is 17.3. The summed E-state index contributed by atoms with van der Waals surface area (Å²) in [6, 6.07) is 14.1. The molecule has 0 aliphatic heterocycles. The van der Waals surface area contributed by atoms with Gasteiger partial charge in [-0.1, -0.05) is 23.8 Å². The van der Waals surface area contributed by atoms with Crippen LogP contribution in [0.15, 0.2) is 59.5 Å². The van der Waals surface area contributed by atoms with Crippen LogP contribution >= 0.6 is 0 Å². The highest BCUT2D eigenvalue weighted by molar-refractivity contribution is 5.92. The van der Waals surface area contributed by atoms with Crippen molar-refractivity contribution in [2.75, 3.05) is 7.11 Å². The van der Waals surface area contributed by atoms with Gasteiger partial charge in [-0.3, -0.25) is 14.6 Å². The van der Waals surface area contributed by atoms with Gasteiger partial charge in [-0.05, 0) is 31.2 Å². The molecule has 0 atom stereocenters. The van der Waals surface area contributed by atoms with Crippen LogP contribution < -0.4 is 15.5 Å². The minimum Gasteiger partial charge on any atom is -0.481 e. The number of nitrogens with zero attached hydrogens (tertiary/aromatic N) is 3. The summed E-state index contributed by atoms with van der Waals surface area (Å²) in [5, 5.41) is 6.87. The lowest BCUT2D eigenvalue weighted by atomic mass is 10.2. The van der Waals surface area contributed by atoms with Crippen molar-refractivity contribution in [3.63, 3.8) is 0 Å². The molecule has 1 amide bonds. The summed E-state index contributed by atoms with van der Waals surface area (Å²) in [6.07, 6.45) is 1.64. The van der Waals surface area contributed by atoms with Crippen molar-refractivity contribution in [2.45, 2.75) is 13.5 Å². The Morgan fingerprint density at radius 2 is 1.96 bits per heavy atom. The number of hydrogen-bond acceptors (Lipinski definition) is 5. The molecule has 0 fully saturated rings. The van der Waals surface area contributed by atoms with Crippen molar-refractivity contribution >= 4 is 5.91 Å². The number of carbonyl (C=O) groups is 1. The molecule has 0 aliphatic carbocycles. The number of pyridine rings is 1. The number of nitrogens with one attached hydrogen (secondary N) is 1. The summed E-state index contributed by atoms with van der Waals surface area (Å²) in [7, 11) is 1.45. The van der Waals surface area contributed by atoms with Crippen molar-refractivity contribution < 1.29 is 9.53 Å². The molecular weight excluding hydrogens is 332 g/mol. The fourth-order valence-electron chi connectivity index (χ4n) is 2.37. The minimum absolute atomic E-state index is 0.206. The van der Waals surface area contributed by atoms with E-state index in [-0.39, 0.29) is 18.1 Å². The number of hydrogen-bond donors (Lipinski definition) is 1. The van der Waals surface area contributed by atoms with E-state index in [0.717, 1.165) is 5.56 Å². The van der Waals surface area contributed by atoms with E-state index in [2.05, 4.69) is 15.4 Å². The van der Waals surface area contributed by atoms with Crippen LogP contribution in [-0.2, 0) is 6.54 Å². The summed E-state index contributed by atoms with van der Waals surface area (Å²) >= 11 is 0. The number of ether oxygens (including phenoxy) is 1. The number of rotatable bonds is 5. The molecule has 7 heteroatoms. The first-order valence-corrected chi connectivity index (χ1v) is 8.02. The zero-order valence-corrected chi connectivity index (χ0v) is 14.5. The second-order valence-electron chi connectivity index (χ2n) is 5.65. The monoisotopic (exact) mass is 350 g/mol. The van der Waals surface area contributed by atoms with Gasteiger partial charge in [0, 0.05) is 6.20 Å². The van der Waals surface area contributed by atoms with Crippen molar-refractivity contribution in [2.24, 2.45) is 0 Å².